The molecule has 0 aromatic heterocycles. The zero-order valence-electron chi connectivity index (χ0n) is 19.1. The minimum Gasteiger partial charge on any atom is -0.492 e. The van der Waals surface area contributed by atoms with Crippen LogP contribution in [0.2, 0.25) is 0 Å². The maximum absolute atomic E-state index is 13.0. The van der Waals surface area contributed by atoms with Gasteiger partial charge in [-0.1, -0.05) is 6.07 Å². The maximum Gasteiger partial charge on any atom is 0.534 e. The van der Waals surface area contributed by atoms with Crippen molar-refractivity contribution in [1.29, 1.82) is 0 Å². The normalized spacial score (nSPS) is 15.3. The van der Waals surface area contributed by atoms with E-state index in [1.54, 1.807) is 18.4 Å². The summed E-state index contributed by atoms with van der Waals surface area (Å²) in [6.45, 7) is 1.32. The highest BCUT2D eigenvalue weighted by atomic mass is 32.2. The van der Waals surface area contributed by atoms with Gasteiger partial charge in [0.2, 0.25) is 11.7 Å². The van der Waals surface area contributed by atoms with E-state index in [1.165, 1.54) is 31.9 Å². The van der Waals surface area contributed by atoms with Crippen LogP contribution in [0.4, 0.5) is 13.2 Å². The fraction of sp³-hybridized carbons (Fsp3) is 0.364. The molecule has 0 unspecified atom stereocenters. The molecular weight excluding hydrogens is 511 g/mol. The second-order valence-electron chi connectivity index (χ2n) is 7.53. The summed E-state index contributed by atoms with van der Waals surface area (Å²) >= 11 is 1.23. The highest BCUT2D eigenvalue weighted by Gasteiger charge is 2.49. The van der Waals surface area contributed by atoms with Gasteiger partial charge in [-0.2, -0.15) is 21.6 Å². The number of methoxy groups -OCH3 is 2. The van der Waals surface area contributed by atoms with E-state index in [1.807, 2.05) is 0 Å². The third-order valence-corrected chi connectivity index (χ3v) is 7.10. The second-order valence-corrected chi connectivity index (χ2v) is 9.92. The van der Waals surface area contributed by atoms with Crippen molar-refractivity contribution >= 4 is 27.8 Å². The molecule has 1 aliphatic carbocycles. The van der Waals surface area contributed by atoms with Gasteiger partial charge in [-0.25, -0.2) is 0 Å². The molecule has 35 heavy (non-hydrogen) atoms. The van der Waals surface area contributed by atoms with Crippen LogP contribution in [0.5, 0.6) is 17.2 Å². The van der Waals surface area contributed by atoms with Crippen molar-refractivity contribution in [3.8, 4) is 28.4 Å². The minimum absolute atomic E-state index is 0.0774. The monoisotopic (exact) mass is 533 g/mol. The molecule has 0 radical (unpaired) electrons. The molecule has 1 N–H and O–H groups in total. The van der Waals surface area contributed by atoms with Gasteiger partial charge in [-0.05, 0) is 54.0 Å². The molecule has 0 spiro atoms. The molecule has 13 heteroatoms. The number of hydrogen-bond acceptors (Lipinski definition) is 8. The number of thioether (sulfide) groups is 1. The summed E-state index contributed by atoms with van der Waals surface area (Å²) in [6, 6.07) is 5.18. The molecule has 0 fully saturated rings. The molecule has 0 saturated heterocycles. The summed E-state index contributed by atoms with van der Waals surface area (Å²) in [6.07, 6.45) is 2.18. The van der Waals surface area contributed by atoms with E-state index < -0.39 is 27.4 Å². The number of amides is 1. The fourth-order valence-electron chi connectivity index (χ4n) is 3.94. The molecular formula is C22H22F3NO7S2. The van der Waals surface area contributed by atoms with Crippen molar-refractivity contribution in [2.75, 3.05) is 20.5 Å². The van der Waals surface area contributed by atoms with E-state index in [4.69, 9.17) is 9.47 Å². The predicted octanol–water partition coefficient (Wildman–Crippen LogP) is 3.80. The van der Waals surface area contributed by atoms with E-state index in [9.17, 15) is 31.2 Å². The number of benzene rings is 1. The van der Waals surface area contributed by atoms with Gasteiger partial charge in [0.25, 0.3) is 0 Å². The lowest BCUT2D eigenvalue weighted by atomic mass is 9.95. The van der Waals surface area contributed by atoms with Gasteiger partial charge in [-0.15, -0.1) is 11.8 Å². The summed E-state index contributed by atoms with van der Waals surface area (Å²) in [5.74, 6) is -1.50. The Labute approximate surface area is 203 Å². The summed E-state index contributed by atoms with van der Waals surface area (Å²) in [5, 5.41) is 2.80. The van der Waals surface area contributed by atoms with E-state index >= 15 is 0 Å². The lowest BCUT2D eigenvalue weighted by Gasteiger charge is -2.20. The molecule has 8 nitrogen and oxygen atoms in total. The molecule has 0 bridgehead atoms. The van der Waals surface area contributed by atoms with Crippen molar-refractivity contribution in [3.05, 3.63) is 45.6 Å². The molecule has 1 aliphatic rings. The Morgan fingerprint density at radius 2 is 1.80 bits per heavy atom. The Hall–Kier alpha value is -2.93. The molecule has 0 saturated carbocycles. The van der Waals surface area contributed by atoms with Gasteiger partial charge in [0, 0.05) is 12.5 Å². The molecule has 2 aromatic rings. The van der Waals surface area contributed by atoms with Crippen LogP contribution in [-0.2, 0) is 21.3 Å². The minimum atomic E-state index is -5.99. The topological polar surface area (TPSA) is 108 Å². The average molecular weight is 534 g/mol. The zero-order valence-corrected chi connectivity index (χ0v) is 20.7. The SMILES string of the molecule is COc1c(OS(=O)(=O)C(F)(F)F)cc2c(c1OC)-c1ccc(SC)c(=O)cc1[C@@H](NC(C)=O)CC2. The molecule has 3 rings (SSSR count). The molecule has 190 valence electrons. The Bertz CT molecular complexity index is 1330. The van der Waals surface area contributed by atoms with Crippen LogP contribution in [0.15, 0.2) is 34.0 Å². The lowest BCUT2D eigenvalue weighted by molar-refractivity contribution is -0.119. The first-order chi connectivity index (χ1) is 16.3. The van der Waals surface area contributed by atoms with Gasteiger partial charge in [-0.3, -0.25) is 9.59 Å². The van der Waals surface area contributed by atoms with Crippen molar-refractivity contribution in [3.63, 3.8) is 0 Å². The average Bonchev–Trinajstić information content (AvgIpc) is 3.00. The van der Waals surface area contributed by atoms with Crippen LogP contribution in [0, 0.1) is 0 Å². The van der Waals surface area contributed by atoms with Gasteiger partial charge in [0.05, 0.1) is 25.2 Å². The number of ether oxygens (including phenoxy) is 2. The first-order valence-corrected chi connectivity index (χ1v) is 12.8. The van der Waals surface area contributed by atoms with E-state index in [0.29, 0.717) is 27.1 Å². The highest BCUT2D eigenvalue weighted by Crippen LogP contribution is 2.51. The van der Waals surface area contributed by atoms with E-state index in [-0.39, 0.29) is 35.7 Å². The summed E-state index contributed by atoms with van der Waals surface area (Å²) in [4.78, 5) is 25.1. The van der Waals surface area contributed by atoms with Crippen LogP contribution in [0.25, 0.3) is 11.1 Å². The van der Waals surface area contributed by atoms with E-state index in [2.05, 4.69) is 9.50 Å². The number of alkyl halides is 3. The standard InChI is InChI=1S/C22H22F3NO7S2/c1-11(27)26-15-7-5-12-9-17(33-35(29,30)22(23,24)25)20(31-2)21(32-3)19(12)13-6-8-18(34-4)16(28)10-14(13)15/h6,8-10,15H,5,7H2,1-4H3,(H,26,27)/t15-/m0/s1. The number of nitrogens with one attached hydrogen (secondary N) is 1. The number of rotatable bonds is 6. The van der Waals surface area contributed by atoms with E-state index in [0.717, 1.165) is 13.2 Å². The van der Waals surface area contributed by atoms with Crippen LogP contribution in [-0.4, -0.2) is 40.3 Å². The first-order valence-electron chi connectivity index (χ1n) is 10.1. The third kappa shape index (κ3) is 5.20. The first kappa shape index (κ1) is 26.7. The molecule has 1 atom stereocenters. The predicted molar refractivity (Wildman–Crippen MR) is 124 cm³/mol. The Morgan fingerprint density at radius 1 is 1.14 bits per heavy atom. The maximum atomic E-state index is 13.0. The van der Waals surface area contributed by atoms with Crippen molar-refractivity contribution in [2.45, 2.75) is 36.2 Å². The third-order valence-electron chi connectivity index (χ3n) is 5.36. The van der Waals surface area contributed by atoms with Gasteiger partial charge >= 0.3 is 15.6 Å². The number of carbonyl (C=O) groups excluding carboxylic acids is 1. The van der Waals surface area contributed by atoms with Crippen molar-refractivity contribution in [1.82, 2.24) is 5.32 Å². The Morgan fingerprint density at radius 3 is 2.34 bits per heavy atom. The van der Waals surface area contributed by atoms with Crippen LogP contribution in [0.1, 0.15) is 30.5 Å². The summed E-state index contributed by atoms with van der Waals surface area (Å²) in [7, 11) is -3.63. The van der Waals surface area contributed by atoms with Gasteiger partial charge < -0.3 is 19.0 Å². The van der Waals surface area contributed by atoms with Crippen molar-refractivity contribution in [2.24, 2.45) is 0 Å². The summed E-state index contributed by atoms with van der Waals surface area (Å²) < 4.78 is 77.5. The molecule has 0 heterocycles. The number of aryl methyl sites for hydroxylation is 1. The van der Waals surface area contributed by atoms with Crippen LogP contribution < -0.4 is 24.4 Å². The highest BCUT2D eigenvalue weighted by molar-refractivity contribution is 7.98. The number of halogens is 3. The molecule has 2 aromatic carbocycles. The van der Waals surface area contributed by atoms with Crippen LogP contribution in [0.3, 0.4) is 0 Å². The molecule has 0 aliphatic heterocycles. The zero-order chi connectivity index (χ0) is 26.1. The number of fused-ring (bicyclic) bond motifs is 3. The Balaban J connectivity index is 2.38. The van der Waals surface area contributed by atoms with Gasteiger partial charge in [0.15, 0.2) is 16.9 Å². The number of carbonyl (C=O) groups is 1. The fourth-order valence-corrected chi connectivity index (χ4v) is 4.86. The quantitative estimate of drug-likeness (QED) is 0.339. The smallest absolute Gasteiger partial charge is 0.492 e. The molecule has 1 amide bonds. The largest absolute Gasteiger partial charge is 0.534 e. The van der Waals surface area contributed by atoms with Gasteiger partial charge in [0.1, 0.15) is 0 Å². The summed E-state index contributed by atoms with van der Waals surface area (Å²) in [5.41, 5.74) is -4.23. The second kappa shape index (κ2) is 9.97. The Kier molecular flexibility index (Phi) is 7.60. The lowest BCUT2D eigenvalue weighted by Crippen LogP contribution is -2.28. The van der Waals surface area contributed by atoms with Crippen LogP contribution >= 0.6 is 11.8 Å². The van der Waals surface area contributed by atoms with Crippen molar-refractivity contribution < 1.29 is 40.0 Å². The number of hydrogen-bond donors (Lipinski definition) is 1.